The van der Waals surface area contributed by atoms with Crippen molar-refractivity contribution in [3.63, 3.8) is 0 Å². The molecule has 0 bridgehead atoms. The monoisotopic (exact) mass is 345 g/mol. The van der Waals surface area contributed by atoms with Gasteiger partial charge in [-0.2, -0.15) is 0 Å². The number of hydrogen-bond donors (Lipinski definition) is 1. The first-order valence-corrected chi connectivity index (χ1v) is 8.47. The van der Waals surface area contributed by atoms with Gasteiger partial charge in [0.15, 0.2) is 5.58 Å². The average molecular weight is 345 g/mol. The summed E-state index contributed by atoms with van der Waals surface area (Å²) in [6.45, 7) is 4.63. The molecule has 3 aromatic heterocycles. The average Bonchev–Trinajstić information content (AvgIpc) is 3.21. The van der Waals surface area contributed by atoms with Crippen LogP contribution in [0.2, 0.25) is 0 Å². The number of rotatable bonds is 4. The second-order valence-electron chi connectivity index (χ2n) is 6.39. The second-order valence-corrected chi connectivity index (χ2v) is 6.39. The first-order chi connectivity index (χ1) is 12.6. The van der Waals surface area contributed by atoms with Crippen LogP contribution in [0.4, 0.5) is 5.82 Å². The predicted molar refractivity (Wildman–Crippen MR) is 101 cm³/mol. The maximum atomic E-state index is 12.8. The summed E-state index contributed by atoms with van der Waals surface area (Å²) in [6, 6.07) is 15.5. The van der Waals surface area contributed by atoms with E-state index in [0.29, 0.717) is 23.6 Å². The summed E-state index contributed by atoms with van der Waals surface area (Å²) in [5.74, 6) is 0.321. The van der Waals surface area contributed by atoms with Crippen LogP contribution < -0.4 is 5.32 Å². The zero-order valence-electron chi connectivity index (χ0n) is 14.7. The molecule has 5 heteroatoms. The highest BCUT2D eigenvalue weighted by molar-refractivity contribution is 6.05. The van der Waals surface area contributed by atoms with E-state index in [1.165, 1.54) is 5.56 Å². The zero-order valence-corrected chi connectivity index (χ0v) is 14.7. The van der Waals surface area contributed by atoms with Gasteiger partial charge in [-0.05, 0) is 36.6 Å². The Kier molecular flexibility index (Phi) is 4.05. The topological polar surface area (TPSA) is 60.1 Å². The normalized spacial score (nSPS) is 11.0. The third kappa shape index (κ3) is 2.99. The van der Waals surface area contributed by atoms with Gasteiger partial charge < -0.3 is 14.3 Å². The first-order valence-electron chi connectivity index (χ1n) is 8.47. The molecule has 5 nitrogen and oxygen atoms in total. The number of anilines is 1. The molecular weight excluding hydrogens is 326 g/mol. The molecular formula is C21H19N3O2. The van der Waals surface area contributed by atoms with Crippen LogP contribution >= 0.6 is 0 Å². The Morgan fingerprint density at radius 3 is 2.77 bits per heavy atom. The lowest BCUT2D eigenvalue weighted by Gasteiger charge is -2.12. The van der Waals surface area contributed by atoms with Crippen molar-refractivity contribution in [3.8, 4) is 0 Å². The van der Waals surface area contributed by atoms with E-state index >= 15 is 0 Å². The number of fused-ring (bicyclic) bond motifs is 1. The van der Waals surface area contributed by atoms with Gasteiger partial charge in [0.2, 0.25) is 0 Å². The van der Waals surface area contributed by atoms with E-state index in [9.17, 15) is 4.79 Å². The molecule has 130 valence electrons. The number of carbonyl (C=O) groups excluding carboxylic acids is 1. The van der Waals surface area contributed by atoms with Crippen molar-refractivity contribution in [2.75, 3.05) is 5.32 Å². The highest BCUT2D eigenvalue weighted by atomic mass is 16.3. The number of aryl methyl sites for hydroxylation is 2. The minimum absolute atomic E-state index is 0.207. The standard InChI is InChI=1S/C21H19N3O2/c1-14-7-8-20(22-12-14)23-21(25)18-11-19-17(9-10-26-19)24(18)13-16-6-4-3-5-15(16)2/h3-12H,13H2,1-2H3,(H,22,23,25). The van der Waals surface area contributed by atoms with Crippen LogP contribution in [0.25, 0.3) is 11.1 Å². The molecule has 4 aromatic rings. The lowest BCUT2D eigenvalue weighted by molar-refractivity contribution is 0.101. The summed E-state index contributed by atoms with van der Waals surface area (Å²) in [5.41, 5.74) is 5.53. The molecule has 0 aliphatic rings. The summed E-state index contributed by atoms with van der Waals surface area (Å²) >= 11 is 0. The van der Waals surface area contributed by atoms with Crippen molar-refractivity contribution in [2.45, 2.75) is 20.4 Å². The molecule has 0 atom stereocenters. The van der Waals surface area contributed by atoms with E-state index in [2.05, 4.69) is 29.4 Å². The molecule has 0 aliphatic heterocycles. The molecule has 26 heavy (non-hydrogen) atoms. The van der Waals surface area contributed by atoms with Gasteiger partial charge in [-0.1, -0.05) is 30.3 Å². The number of nitrogens with one attached hydrogen (secondary N) is 1. The third-order valence-corrected chi connectivity index (χ3v) is 4.50. The van der Waals surface area contributed by atoms with Crippen LogP contribution in [0.1, 0.15) is 27.2 Å². The Bertz CT molecular complexity index is 1070. The summed E-state index contributed by atoms with van der Waals surface area (Å²) in [5, 5.41) is 2.86. The number of aromatic nitrogens is 2. The Labute approximate surface area is 151 Å². The van der Waals surface area contributed by atoms with E-state index in [1.807, 2.05) is 35.8 Å². The van der Waals surface area contributed by atoms with E-state index in [-0.39, 0.29) is 5.91 Å². The number of pyridine rings is 1. The number of benzene rings is 1. The second kappa shape index (κ2) is 6.52. The largest absolute Gasteiger partial charge is 0.463 e. The Balaban J connectivity index is 1.70. The minimum Gasteiger partial charge on any atom is -0.463 e. The lowest BCUT2D eigenvalue weighted by atomic mass is 10.1. The molecule has 0 radical (unpaired) electrons. The van der Waals surface area contributed by atoms with Gasteiger partial charge in [-0.25, -0.2) is 4.98 Å². The van der Waals surface area contributed by atoms with Crippen molar-refractivity contribution >= 4 is 22.8 Å². The molecule has 0 aliphatic carbocycles. The molecule has 1 amide bonds. The maximum Gasteiger partial charge on any atom is 0.273 e. The summed E-state index contributed by atoms with van der Waals surface area (Å²) in [4.78, 5) is 17.1. The fraction of sp³-hybridized carbons (Fsp3) is 0.143. The molecule has 1 aromatic carbocycles. The van der Waals surface area contributed by atoms with Crippen LogP contribution in [0.3, 0.4) is 0 Å². The van der Waals surface area contributed by atoms with Gasteiger partial charge in [-0.3, -0.25) is 4.79 Å². The van der Waals surface area contributed by atoms with Crippen molar-refractivity contribution in [1.29, 1.82) is 0 Å². The smallest absolute Gasteiger partial charge is 0.273 e. The SMILES string of the molecule is Cc1ccc(NC(=O)c2cc3occc3n2Cc2ccccc2C)nc1. The maximum absolute atomic E-state index is 12.8. The van der Waals surface area contributed by atoms with E-state index in [0.717, 1.165) is 16.6 Å². The number of furan rings is 1. The van der Waals surface area contributed by atoms with E-state index in [4.69, 9.17) is 4.42 Å². The first kappa shape index (κ1) is 16.1. The van der Waals surface area contributed by atoms with Gasteiger partial charge >= 0.3 is 0 Å². The minimum atomic E-state index is -0.207. The number of nitrogens with zero attached hydrogens (tertiary/aromatic N) is 2. The number of amides is 1. The van der Waals surface area contributed by atoms with Crippen LogP contribution in [0, 0.1) is 13.8 Å². The van der Waals surface area contributed by atoms with Gasteiger partial charge in [0.1, 0.15) is 11.5 Å². The zero-order chi connectivity index (χ0) is 18.1. The number of hydrogen-bond acceptors (Lipinski definition) is 3. The summed E-state index contributed by atoms with van der Waals surface area (Å²) in [6.07, 6.45) is 3.37. The summed E-state index contributed by atoms with van der Waals surface area (Å²) in [7, 11) is 0. The van der Waals surface area contributed by atoms with Crippen molar-refractivity contribution in [3.05, 3.63) is 83.4 Å². The van der Waals surface area contributed by atoms with Crippen LogP contribution in [0.15, 0.2) is 65.4 Å². The van der Waals surface area contributed by atoms with Crippen LogP contribution in [0.5, 0.6) is 0 Å². The molecule has 0 fully saturated rings. The molecule has 0 spiro atoms. The van der Waals surface area contributed by atoms with Gasteiger partial charge in [0.25, 0.3) is 5.91 Å². The van der Waals surface area contributed by atoms with Gasteiger partial charge in [0, 0.05) is 24.9 Å². The quantitative estimate of drug-likeness (QED) is 0.590. The fourth-order valence-electron chi connectivity index (χ4n) is 3.02. The molecule has 0 saturated carbocycles. The van der Waals surface area contributed by atoms with Crippen LogP contribution in [-0.2, 0) is 6.54 Å². The van der Waals surface area contributed by atoms with Gasteiger partial charge in [-0.15, -0.1) is 0 Å². The summed E-state index contributed by atoms with van der Waals surface area (Å²) < 4.78 is 7.48. The molecule has 0 unspecified atom stereocenters. The van der Waals surface area contributed by atoms with Crippen LogP contribution in [-0.4, -0.2) is 15.5 Å². The van der Waals surface area contributed by atoms with Gasteiger partial charge in [0.05, 0.1) is 11.8 Å². The van der Waals surface area contributed by atoms with E-state index in [1.54, 1.807) is 24.6 Å². The van der Waals surface area contributed by atoms with Crippen molar-refractivity contribution in [1.82, 2.24) is 9.55 Å². The molecule has 1 N–H and O–H groups in total. The Morgan fingerprint density at radius 1 is 1.15 bits per heavy atom. The fourth-order valence-corrected chi connectivity index (χ4v) is 3.02. The van der Waals surface area contributed by atoms with Crippen molar-refractivity contribution < 1.29 is 9.21 Å². The molecule has 0 saturated heterocycles. The Hall–Kier alpha value is -3.34. The molecule has 4 rings (SSSR count). The third-order valence-electron chi connectivity index (χ3n) is 4.50. The lowest BCUT2D eigenvalue weighted by Crippen LogP contribution is -2.18. The highest BCUT2D eigenvalue weighted by Gasteiger charge is 2.18. The molecule has 3 heterocycles. The van der Waals surface area contributed by atoms with E-state index < -0.39 is 0 Å². The number of carbonyl (C=O) groups is 1. The van der Waals surface area contributed by atoms with Crippen molar-refractivity contribution in [2.24, 2.45) is 0 Å². The highest BCUT2D eigenvalue weighted by Crippen LogP contribution is 2.24. The Morgan fingerprint density at radius 2 is 2.00 bits per heavy atom. The predicted octanol–water partition coefficient (Wildman–Crippen LogP) is 4.55.